The highest BCUT2D eigenvalue weighted by atomic mass is 28.3. The molecule has 3 heteroatoms. The molecule has 2 nitrogen and oxygen atoms in total. The summed E-state index contributed by atoms with van der Waals surface area (Å²) in [7, 11) is 2.51. The van der Waals surface area contributed by atoms with Gasteiger partial charge in [0.05, 0.1) is 0 Å². The Labute approximate surface area is 174 Å². The fourth-order valence-corrected chi connectivity index (χ4v) is 12.0. The predicted octanol–water partition coefficient (Wildman–Crippen LogP) is 7.32. The largest absolute Gasteiger partial charge is 0.373 e. The second-order valence-electron chi connectivity index (χ2n) is 9.53. The Morgan fingerprint density at radius 2 is 1.64 bits per heavy atom. The first kappa shape index (κ1) is 22.7. The van der Waals surface area contributed by atoms with E-state index in [1.165, 1.54) is 22.0 Å². The van der Waals surface area contributed by atoms with Gasteiger partial charge in [0.25, 0.3) is 0 Å². The van der Waals surface area contributed by atoms with Crippen molar-refractivity contribution in [1.29, 1.82) is 0 Å². The quantitative estimate of drug-likeness (QED) is 0.335. The molecule has 0 bridgehead atoms. The van der Waals surface area contributed by atoms with Crippen LogP contribution in [-0.2, 0) is 6.54 Å². The number of hydrogen-bond acceptors (Lipinski definition) is 1. The van der Waals surface area contributed by atoms with Gasteiger partial charge in [0.1, 0.15) is 0 Å². The summed E-state index contributed by atoms with van der Waals surface area (Å²) in [5.41, 5.74) is 7.24. The summed E-state index contributed by atoms with van der Waals surface area (Å²) in [6, 6.07) is 6.80. The van der Waals surface area contributed by atoms with E-state index in [1.54, 1.807) is 0 Å². The monoisotopic (exact) mass is 396 g/mol. The summed E-state index contributed by atoms with van der Waals surface area (Å²) in [6.07, 6.45) is 6.86. The van der Waals surface area contributed by atoms with Gasteiger partial charge in [0.2, 0.25) is 0 Å². The Morgan fingerprint density at radius 3 is 2.11 bits per heavy atom. The van der Waals surface area contributed by atoms with E-state index in [4.69, 9.17) is 0 Å². The molecule has 0 aliphatic rings. The number of hydrogen-bond donors (Lipinski definition) is 0. The van der Waals surface area contributed by atoms with Crippen LogP contribution < -0.4 is 0 Å². The zero-order valence-corrected chi connectivity index (χ0v) is 20.5. The molecule has 1 aromatic heterocycles. The smallest absolute Gasteiger partial charge is 0.169 e. The first-order valence-electron chi connectivity index (χ1n) is 10.6. The van der Waals surface area contributed by atoms with Gasteiger partial charge in [-0.05, 0) is 54.8 Å². The average Bonchev–Trinajstić information content (AvgIpc) is 2.91. The van der Waals surface area contributed by atoms with Gasteiger partial charge in [-0.2, -0.15) is 0 Å². The lowest BCUT2D eigenvalue weighted by Gasteiger charge is -2.44. The predicted molar refractivity (Wildman–Crippen MR) is 130 cm³/mol. The molecule has 0 aliphatic carbocycles. The van der Waals surface area contributed by atoms with E-state index in [2.05, 4.69) is 115 Å². The standard InChI is InChI=1S/C25H40N2Si/c1-18(2)14-15-22-12-11-13-24-25(22)23(16-26(9)10)17-27(24)28(19(3)4,20(5)6)21(7)8/h11-15,17,19-21H,1,16H2,2-10H3/b15-14+. The lowest BCUT2D eigenvalue weighted by Crippen LogP contribution is -2.51. The highest BCUT2D eigenvalue weighted by Crippen LogP contribution is 2.45. The minimum Gasteiger partial charge on any atom is -0.373 e. The first-order chi connectivity index (χ1) is 13.0. The van der Waals surface area contributed by atoms with Gasteiger partial charge in [-0.1, -0.05) is 78.0 Å². The Hall–Kier alpha value is -1.58. The van der Waals surface area contributed by atoms with E-state index in [1.807, 2.05) is 0 Å². The maximum Gasteiger partial charge on any atom is 0.169 e. The molecule has 2 aromatic rings. The summed E-state index contributed by atoms with van der Waals surface area (Å²) in [4.78, 5) is 2.28. The highest BCUT2D eigenvalue weighted by Gasteiger charge is 2.46. The molecule has 0 N–H and O–H groups in total. The lowest BCUT2D eigenvalue weighted by molar-refractivity contribution is 0.404. The SMILES string of the molecule is C=C(C)/C=C/c1cccc2c1c(CN(C)C)cn2[Si](C(C)C)(C(C)C)C(C)C. The molecule has 0 radical (unpaired) electrons. The summed E-state index contributed by atoms with van der Waals surface area (Å²) >= 11 is 0. The lowest BCUT2D eigenvalue weighted by atomic mass is 10.0. The van der Waals surface area contributed by atoms with E-state index in [9.17, 15) is 0 Å². The topological polar surface area (TPSA) is 8.17 Å². The van der Waals surface area contributed by atoms with Crippen LogP contribution in [0.1, 0.15) is 59.6 Å². The third-order valence-corrected chi connectivity index (χ3v) is 12.9. The van der Waals surface area contributed by atoms with Crippen molar-refractivity contribution in [3.05, 3.63) is 53.8 Å². The zero-order valence-electron chi connectivity index (χ0n) is 19.5. The fraction of sp³-hybridized carbons (Fsp3) is 0.520. The average molecular weight is 397 g/mol. The maximum atomic E-state index is 4.04. The van der Waals surface area contributed by atoms with Crippen LogP contribution in [0.4, 0.5) is 0 Å². The number of nitrogens with zero attached hydrogens (tertiary/aromatic N) is 2. The summed E-state index contributed by atoms with van der Waals surface area (Å²) in [5.74, 6) is 0. The Balaban J connectivity index is 2.91. The van der Waals surface area contributed by atoms with Crippen LogP contribution in [0.15, 0.2) is 42.6 Å². The van der Waals surface area contributed by atoms with E-state index < -0.39 is 8.24 Å². The molecule has 0 amide bonds. The molecular weight excluding hydrogens is 356 g/mol. The van der Waals surface area contributed by atoms with Gasteiger partial charge in [-0.15, -0.1) is 0 Å². The molecule has 1 heterocycles. The van der Waals surface area contributed by atoms with Crippen LogP contribution in [0.2, 0.25) is 16.6 Å². The van der Waals surface area contributed by atoms with Crippen LogP contribution in [0.5, 0.6) is 0 Å². The molecule has 0 atom stereocenters. The van der Waals surface area contributed by atoms with Gasteiger partial charge in [0.15, 0.2) is 8.24 Å². The number of benzene rings is 1. The van der Waals surface area contributed by atoms with Crippen LogP contribution in [-0.4, -0.2) is 31.5 Å². The van der Waals surface area contributed by atoms with E-state index in [-0.39, 0.29) is 0 Å². The van der Waals surface area contributed by atoms with Gasteiger partial charge in [-0.25, -0.2) is 0 Å². The number of allylic oxidation sites excluding steroid dienone is 2. The zero-order chi connectivity index (χ0) is 21.2. The highest BCUT2D eigenvalue weighted by molar-refractivity contribution is 6.82. The van der Waals surface area contributed by atoms with Crippen LogP contribution in [0.3, 0.4) is 0 Å². The normalized spacial score (nSPS) is 13.2. The van der Waals surface area contributed by atoms with Crippen molar-refractivity contribution in [2.75, 3.05) is 14.1 Å². The van der Waals surface area contributed by atoms with Crippen LogP contribution >= 0.6 is 0 Å². The molecule has 0 unspecified atom stereocenters. The number of aromatic nitrogens is 1. The van der Waals surface area contributed by atoms with Crippen molar-refractivity contribution >= 4 is 25.2 Å². The summed E-state index contributed by atoms with van der Waals surface area (Å²) in [6.45, 7) is 21.7. The van der Waals surface area contributed by atoms with Gasteiger partial charge >= 0.3 is 0 Å². The molecule has 1 aromatic carbocycles. The van der Waals surface area contributed by atoms with Crippen molar-refractivity contribution in [3.8, 4) is 0 Å². The van der Waals surface area contributed by atoms with E-state index in [0.717, 1.165) is 12.1 Å². The van der Waals surface area contributed by atoms with Crippen molar-refractivity contribution in [1.82, 2.24) is 9.13 Å². The first-order valence-corrected chi connectivity index (χ1v) is 12.8. The third kappa shape index (κ3) is 4.06. The van der Waals surface area contributed by atoms with Crippen molar-refractivity contribution < 1.29 is 0 Å². The van der Waals surface area contributed by atoms with Crippen LogP contribution in [0, 0.1) is 0 Å². The molecule has 28 heavy (non-hydrogen) atoms. The number of rotatable bonds is 8. The fourth-order valence-electron chi connectivity index (χ4n) is 5.38. The van der Waals surface area contributed by atoms with E-state index >= 15 is 0 Å². The summed E-state index contributed by atoms with van der Waals surface area (Å²) in [5, 5.41) is 1.41. The molecule has 0 spiro atoms. The van der Waals surface area contributed by atoms with Gasteiger partial charge < -0.3 is 9.13 Å². The van der Waals surface area contributed by atoms with Crippen molar-refractivity contribution in [2.24, 2.45) is 0 Å². The Bertz CT molecular complexity index is 831. The molecule has 0 fully saturated rings. The minimum atomic E-state index is -1.81. The molecule has 154 valence electrons. The van der Waals surface area contributed by atoms with Crippen molar-refractivity contribution in [3.63, 3.8) is 0 Å². The molecule has 0 saturated carbocycles. The van der Waals surface area contributed by atoms with E-state index in [0.29, 0.717) is 16.6 Å². The molecule has 0 aliphatic heterocycles. The maximum absolute atomic E-state index is 4.04. The molecule has 0 saturated heterocycles. The minimum absolute atomic E-state index is 0.671. The molecule has 2 rings (SSSR count). The molecular formula is C25H40N2Si. The second-order valence-corrected chi connectivity index (χ2v) is 15.3. The van der Waals surface area contributed by atoms with Gasteiger partial charge in [0, 0.05) is 23.6 Å². The van der Waals surface area contributed by atoms with Crippen LogP contribution in [0.25, 0.3) is 17.0 Å². The number of fused-ring (bicyclic) bond motifs is 1. The Morgan fingerprint density at radius 1 is 1.07 bits per heavy atom. The summed E-state index contributed by atoms with van der Waals surface area (Å²) < 4.78 is 2.75. The second kappa shape index (κ2) is 8.83. The Kier molecular flexibility index (Phi) is 7.16. The van der Waals surface area contributed by atoms with Crippen molar-refractivity contribution in [2.45, 2.75) is 71.6 Å². The third-order valence-electron chi connectivity index (χ3n) is 6.17. The van der Waals surface area contributed by atoms with Gasteiger partial charge in [-0.3, -0.25) is 0 Å².